The molecule has 0 unspecified atom stereocenters. The van der Waals surface area contributed by atoms with Gasteiger partial charge in [0.2, 0.25) is 0 Å². The number of benzene rings is 1. The average Bonchev–Trinajstić information content (AvgIpc) is 2.64. The van der Waals surface area contributed by atoms with Gasteiger partial charge in [0.05, 0.1) is 5.69 Å². The Balaban J connectivity index is 2.53. The number of H-pyrrole nitrogens is 1. The molecular weight excluding hydrogens is 405 g/mol. The number of hydrogen-bond donors (Lipinski definition) is 2. The highest BCUT2D eigenvalue weighted by Crippen LogP contribution is 2.33. The SMILES string of the molecule is CC(C)Cc1c(N)n[nH]c1-c1cc(I)ccc1Br. The van der Waals surface area contributed by atoms with Crippen molar-refractivity contribution in [3.05, 3.63) is 31.8 Å². The lowest BCUT2D eigenvalue weighted by molar-refractivity contribution is 0.649. The zero-order valence-corrected chi connectivity index (χ0v) is 14.0. The van der Waals surface area contributed by atoms with Crippen LogP contribution in [0.25, 0.3) is 11.3 Å². The highest BCUT2D eigenvalue weighted by atomic mass is 127. The Morgan fingerprint density at radius 3 is 2.83 bits per heavy atom. The van der Waals surface area contributed by atoms with Crippen LogP contribution in [0.15, 0.2) is 22.7 Å². The Bertz CT molecular complexity index is 563. The zero-order chi connectivity index (χ0) is 13.3. The van der Waals surface area contributed by atoms with E-state index in [1.54, 1.807) is 0 Å². The van der Waals surface area contributed by atoms with Crippen molar-refractivity contribution >= 4 is 44.3 Å². The molecule has 3 nitrogen and oxygen atoms in total. The number of nitrogens with two attached hydrogens (primary N) is 1. The van der Waals surface area contributed by atoms with Gasteiger partial charge < -0.3 is 5.73 Å². The van der Waals surface area contributed by atoms with Gasteiger partial charge in [0.15, 0.2) is 0 Å². The van der Waals surface area contributed by atoms with Crippen molar-refractivity contribution in [3.8, 4) is 11.3 Å². The molecule has 0 radical (unpaired) electrons. The first kappa shape index (κ1) is 13.9. The van der Waals surface area contributed by atoms with Gasteiger partial charge >= 0.3 is 0 Å². The molecule has 1 aromatic carbocycles. The lowest BCUT2D eigenvalue weighted by atomic mass is 9.99. The van der Waals surface area contributed by atoms with Crippen molar-refractivity contribution < 1.29 is 0 Å². The molecule has 2 rings (SSSR count). The summed E-state index contributed by atoms with van der Waals surface area (Å²) in [5.41, 5.74) is 9.19. The molecule has 96 valence electrons. The molecule has 0 aliphatic carbocycles. The lowest BCUT2D eigenvalue weighted by Gasteiger charge is -2.09. The van der Waals surface area contributed by atoms with Gasteiger partial charge in [-0.25, -0.2) is 0 Å². The van der Waals surface area contributed by atoms with E-state index in [1.165, 1.54) is 3.57 Å². The molecule has 5 heteroatoms. The minimum Gasteiger partial charge on any atom is -0.382 e. The van der Waals surface area contributed by atoms with E-state index in [-0.39, 0.29) is 0 Å². The van der Waals surface area contributed by atoms with Gasteiger partial charge in [0.1, 0.15) is 5.82 Å². The van der Waals surface area contributed by atoms with Crippen molar-refractivity contribution in [2.75, 3.05) is 5.73 Å². The summed E-state index contributed by atoms with van der Waals surface area (Å²) in [5.74, 6) is 1.15. The number of anilines is 1. The van der Waals surface area contributed by atoms with Crippen molar-refractivity contribution in [2.45, 2.75) is 20.3 Å². The molecule has 0 spiro atoms. The summed E-state index contributed by atoms with van der Waals surface area (Å²) in [6, 6.07) is 6.24. The first-order valence-corrected chi connectivity index (χ1v) is 7.64. The van der Waals surface area contributed by atoms with Crippen LogP contribution >= 0.6 is 38.5 Å². The van der Waals surface area contributed by atoms with E-state index >= 15 is 0 Å². The summed E-state index contributed by atoms with van der Waals surface area (Å²) in [6.45, 7) is 4.36. The van der Waals surface area contributed by atoms with Gasteiger partial charge in [-0.2, -0.15) is 5.10 Å². The van der Waals surface area contributed by atoms with Crippen LogP contribution in [-0.4, -0.2) is 10.2 Å². The molecule has 1 aromatic heterocycles. The summed E-state index contributed by atoms with van der Waals surface area (Å²) in [6.07, 6.45) is 0.926. The first-order valence-electron chi connectivity index (χ1n) is 5.77. The second-order valence-corrected chi connectivity index (χ2v) is 6.78. The van der Waals surface area contributed by atoms with Crippen LogP contribution in [0.5, 0.6) is 0 Å². The summed E-state index contributed by atoms with van der Waals surface area (Å²) in [7, 11) is 0. The molecule has 0 amide bonds. The van der Waals surface area contributed by atoms with E-state index in [0.717, 1.165) is 27.7 Å². The van der Waals surface area contributed by atoms with E-state index in [2.05, 4.69) is 74.7 Å². The van der Waals surface area contributed by atoms with Gasteiger partial charge in [-0.15, -0.1) is 0 Å². The molecule has 0 aliphatic heterocycles. The van der Waals surface area contributed by atoms with Crippen molar-refractivity contribution in [2.24, 2.45) is 5.92 Å². The topological polar surface area (TPSA) is 54.7 Å². The number of aromatic nitrogens is 2. The molecular formula is C13H15BrIN3. The Morgan fingerprint density at radius 2 is 2.17 bits per heavy atom. The van der Waals surface area contributed by atoms with E-state index < -0.39 is 0 Å². The maximum absolute atomic E-state index is 5.96. The minimum absolute atomic E-state index is 0.546. The number of aromatic amines is 1. The number of nitrogen functional groups attached to an aromatic ring is 1. The Hall–Kier alpha value is -0.560. The largest absolute Gasteiger partial charge is 0.382 e. The number of nitrogens with zero attached hydrogens (tertiary/aromatic N) is 1. The van der Waals surface area contributed by atoms with Crippen molar-refractivity contribution in [1.82, 2.24) is 10.2 Å². The Labute approximate surface area is 129 Å². The van der Waals surface area contributed by atoms with E-state index in [9.17, 15) is 0 Å². The maximum Gasteiger partial charge on any atom is 0.149 e. The monoisotopic (exact) mass is 419 g/mol. The van der Waals surface area contributed by atoms with E-state index in [4.69, 9.17) is 5.73 Å². The summed E-state index contributed by atoms with van der Waals surface area (Å²) < 4.78 is 2.24. The van der Waals surface area contributed by atoms with Crippen LogP contribution in [0.3, 0.4) is 0 Å². The fourth-order valence-corrected chi connectivity index (χ4v) is 2.84. The van der Waals surface area contributed by atoms with Gasteiger partial charge in [-0.3, -0.25) is 5.10 Å². The van der Waals surface area contributed by atoms with Crippen LogP contribution in [0, 0.1) is 9.49 Å². The molecule has 3 N–H and O–H groups in total. The normalized spacial score (nSPS) is 11.2. The van der Waals surface area contributed by atoms with E-state index in [0.29, 0.717) is 11.7 Å². The van der Waals surface area contributed by atoms with Gasteiger partial charge in [-0.1, -0.05) is 29.8 Å². The predicted molar refractivity (Wildman–Crippen MR) is 87.4 cm³/mol. The molecule has 0 saturated carbocycles. The molecule has 18 heavy (non-hydrogen) atoms. The quantitative estimate of drug-likeness (QED) is 0.731. The minimum atomic E-state index is 0.546. The standard InChI is InChI=1S/C13H15BrIN3/c1-7(2)5-10-12(17-18-13(10)16)9-6-8(15)3-4-11(9)14/h3-4,6-7H,5H2,1-2H3,(H3,16,17,18). The summed E-state index contributed by atoms with van der Waals surface area (Å²) >= 11 is 5.89. The van der Waals surface area contributed by atoms with Crippen molar-refractivity contribution in [3.63, 3.8) is 0 Å². The smallest absolute Gasteiger partial charge is 0.149 e. The van der Waals surface area contributed by atoms with Crippen LogP contribution < -0.4 is 5.73 Å². The third kappa shape index (κ3) is 2.88. The first-order chi connectivity index (χ1) is 8.49. The third-order valence-electron chi connectivity index (χ3n) is 2.71. The van der Waals surface area contributed by atoms with Crippen LogP contribution in [0.2, 0.25) is 0 Å². The van der Waals surface area contributed by atoms with Gasteiger partial charge in [0, 0.05) is 19.2 Å². The second kappa shape index (κ2) is 5.61. The second-order valence-electron chi connectivity index (χ2n) is 4.68. The molecule has 0 saturated heterocycles. The lowest BCUT2D eigenvalue weighted by Crippen LogP contribution is -1.99. The number of rotatable bonds is 3. The van der Waals surface area contributed by atoms with E-state index in [1.807, 2.05) is 6.07 Å². The predicted octanol–water partition coefficient (Wildman–Crippen LogP) is 4.22. The number of halogens is 2. The fourth-order valence-electron chi connectivity index (χ4n) is 1.91. The van der Waals surface area contributed by atoms with Gasteiger partial charge in [-0.05, 0) is 53.1 Å². The van der Waals surface area contributed by atoms with Crippen LogP contribution in [0.1, 0.15) is 19.4 Å². The molecule has 0 bridgehead atoms. The Morgan fingerprint density at radius 1 is 1.44 bits per heavy atom. The van der Waals surface area contributed by atoms with Crippen molar-refractivity contribution in [1.29, 1.82) is 0 Å². The van der Waals surface area contributed by atoms with Gasteiger partial charge in [0.25, 0.3) is 0 Å². The highest BCUT2D eigenvalue weighted by molar-refractivity contribution is 14.1. The maximum atomic E-state index is 5.96. The number of hydrogen-bond acceptors (Lipinski definition) is 2. The molecule has 2 aromatic rings. The molecule has 1 heterocycles. The molecule has 0 fully saturated rings. The van der Waals surface area contributed by atoms with Crippen LogP contribution in [0.4, 0.5) is 5.82 Å². The highest BCUT2D eigenvalue weighted by Gasteiger charge is 2.16. The average molecular weight is 420 g/mol. The molecule has 0 atom stereocenters. The summed E-state index contributed by atoms with van der Waals surface area (Å²) in [4.78, 5) is 0. The summed E-state index contributed by atoms with van der Waals surface area (Å²) in [5, 5.41) is 7.20. The molecule has 0 aliphatic rings. The third-order valence-corrected chi connectivity index (χ3v) is 4.07. The fraction of sp³-hybridized carbons (Fsp3) is 0.308. The Kier molecular flexibility index (Phi) is 4.32. The zero-order valence-electron chi connectivity index (χ0n) is 10.3. The number of nitrogens with one attached hydrogen (secondary N) is 1. The van der Waals surface area contributed by atoms with Crippen LogP contribution in [-0.2, 0) is 6.42 Å².